The number of benzene rings is 1. The van der Waals surface area contributed by atoms with Crippen LogP contribution in [0.2, 0.25) is 0 Å². The van der Waals surface area contributed by atoms with Crippen LogP contribution in [0.5, 0.6) is 0 Å². The minimum atomic E-state index is -4.30. The predicted octanol–water partition coefficient (Wildman–Crippen LogP) is 5.46. The van der Waals surface area contributed by atoms with Gasteiger partial charge in [-0.15, -0.1) is 0 Å². The molecule has 1 N–H and O–H groups in total. The minimum absolute atomic E-state index is 0.292. The molecule has 2 unspecified atom stereocenters. The lowest BCUT2D eigenvalue weighted by molar-refractivity contribution is -0.137. The van der Waals surface area contributed by atoms with Gasteiger partial charge in [0.1, 0.15) is 0 Å². The van der Waals surface area contributed by atoms with E-state index in [4.69, 9.17) is 0 Å². The molecule has 1 aromatic carbocycles. The molecule has 1 aliphatic rings. The summed E-state index contributed by atoms with van der Waals surface area (Å²) in [4.78, 5) is 0. The van der Waals surface area contributed by atoms with Crippen LogP contribution in [0.1, 0.15) is 38.2 Å². The Bertz CT molecular complexity index is 445. The molecule has 0 aliphatic heterocycles. The zero-order chi connectivity index (χ0) is 14.0. The van der Waals surface area contributed by atoms with E-state index >= 15 is 0 Å². The third-order valence-corrected chi connectivity index (χ3v) is 4.17. The van der Waals surface area contributed by atoms with Crippen molar-refractivity contribution >= 4 is 21.6 Å². The van der Waals surface area contributed by atoms with Crippen LogP contribution in [0.3, 0.4) is 0 Å². The first-order chi connectivity index (χ1) is 8.88. The Morgan fingerprint density at radius 1 is 1.26 bits per heavy atom. The number of anilines is 1. The molecule has 1 fully saturated rings. The molecule has 0 saturated heterocycles. The molecular weight excluding hydrogens is 319 g/mol. The highest BCUT2D eigenvalue weighted by Crippen LogP contribution is 2.35. The first-order valence-corrected chi connectivity index (χ1v) is 7.32. The molecule has 2 rings (SSSR count). The van der Waals surface area contributed by atoms with Gasteiger partial charge in [0.2, 0.25) is 0 Å². The smallest absolute Gasteiger partial charge is 0.382 e. The van der Waals surface area contributed by atoms with Crippen molar-refractivity contribution in [1.29, 1.82) is 0 Å². The number of alkyl halides is 3. The van der Waals surface area contributed by atoms with Crippen molar-refractivity contribution in [2.75, 3.05) is 5.32 Å². The number of nitrogens with one attached hydrogen (secondary N) is 1. The Labute approximate surface area is 119 Å². The van der Waals surface area contributed by atoms with Crippen LogP contribution in [0.15, 0.2) is 22.7 Å². The van der Waals surface area contributed by atoms with Gasteiger partial charge in [0.25, 0.3) is 0 Å². The molecule has 1 nitrogen and oxygen atoms in total. The van der Waals surface area contributed by atoms with E-state index in [0.29, 0.717) is 22.1 Å². The zero-order valence-corrected chi connectivity index (χ0v) is 12.3. The van der Waals surface area contributed by atoms with Gasteiger partial charge >= 0.3 is 6.18 Å². The molecule has 1 aliphatic carbocycles. The van der Waals surface area contributed by atoms with Crippen LogP contribution in [0.25, 0.3) is 0 Å². The van der Waals surface area contributed by atoms with Crippen LogP contribution < -0.4 is 5.32 Å². The van der Waals surface area contributed by atoms with Gasteiger partial charge in [0.15, 0.2) is 0 Å². The van der Waals surface area contributed by atoms with Gasteiger partial charge in [0.05, 0.1) is 5.56 Å². The Kier molecular flexibility index (Phi) is 4.43. The SMILES string of the molecule is CCC1CCC(Nc2cc(Br)cc(C(F)(F)F)c2)C1. The van der Waals surface area contributed by atoms with E-state index in [-0.39, 0.29) is 0 Å². The van der Waals surface area contributed by atoms with Crippen molar-refractivity contribution in [3.63, 3.8) is 0 Å². The summed E-state index contributed by atoms with van der Waals surface area (Å²) in [5, 5.41) is 3.23. The van der Waals surface area contributed by atoms with Crippen molar-refractivity contribution in [2.24, 2.45) is 5.92 Å². The van der Waals surface area contributed by atoms with E-state index < -0.39 is 11.7 Å². The first kappa shape index (κ1) is 14.7. The summed E-state index contributed by atoms with van der Waals surface area (Å²) < 4.78 is 38.6. The standard InChI is InChI=1S/C14H17BrF3N/c1-2-9-3-4-12(5-9)19-13-7-10(14(16,17)18)6-11(15)8-13/h6-9,12,19H,2-5H2,1H3. The number of halogens is 4. The number of hydrogen-bond acceptors (Lipinski definition) is 1. The summed E-state index contributed by atoms with van der Waals surface area (Å²) in [5.74, 6) is 0.701. The molecule has 0 bridgehead atoms. The largest absolute Gasteiger partial charge is 0.416 e. The second-order valence-corrected chi connectivity index (χ2v) is 6.07. The van der Waals surface area contributed by atoms with Crippen molar-refractivity contribution in [1.82, 2.24) is 0 Å². The second-order valence-electron chi connectivity index (χ2n) is 5.15. The van der Waals surface area contributed by atoms with Gasteiger partial charge in [-0.25, -0.2) is 0 Å². The van der Waals surface area contributed by atoms with E-state index in [9.17, 15) is 13.2 Å². The second kappa shape index (κ2) is 5.73. The zero-order valence-electron chi connectivity index (χ0n) is 10.7. The average molecular weight is 336 g/mol. The van der Waals surface area contributed by atoms with Crippen LogP contribution >= 0.6 is 15.9 Å². The molecule has 0 amide bonds. The van der Waals surface area contributed by atoms with Crippen LogP contribution in [-0.4, -0.2) is 6.04 Å². The summed E-state index contributed by atoms with van der Waals surface area (Å²) in [5.41, 5.74) is -0.0714. The average Bonchev–Trinajstić information content (AvgIpc) is 2.75. The molecule has 5 heteroatoms. The summed E-state index contributed by atoms with van der Waals surface area (Å²) in [6.07, 6.45) is 0.0807. The van der Waals surface area contributed by atoms with Crippen LogP contribution in [-0.2, 0) is 6.18 Å². The quantitative estimate of drug-likeness (QED) is 0.773. The van der Waals surface area contributed by atoms with E-state index in [1.807, 2.05) is 0 Å². The highest BCUT2D eigenvalue weighted by Gasteiger charge is 2.31. The topological polar surface area (TPSA) is 12.0 Å². The van der Waals surface area contributed by atoms with Crippen molar-refractivity contribution in [2.45, 2.75) is 44.8 Å². The highest BCUT2D eigenvalue weighted by molar-refractivity contribution is 9.10. The van der Waals surface area contributed by atoms with Gasteiger partial charge in [-0.05, 0) is 43.4 Å². The van der Waals surface area contributed by atoms with Gasteiger partial charge in [-0.1, -0.05) is 29.3 Å². The Morgan fingerprint density at radius 3 is 2.58 bits per heavy atom. The molecule has 0 heterocycles. The molecular formula is C14H17BrF3N. The van der Waals surface area contributed by atoms with Gasteiger partial charge in [-0.2, -0.15) is 13.2 Å². The maximum Gasteiger partial charge on any atom is 0.416 e. The highest BCUT2D eigenvalue weighted by atomic mass is 79.9. The third-order valence-electron chi connectivity index (χ3n) is 3.71. The summed E-state index contributed by atoms with van der Waals surface area (Å²) in [6, 6.07) is 4.29. The molecule has 0 radical (unpaired) electrons. The molecule has 19 heavy (non-hydrogen) atoms. The van der Waals surface area contributed by atoms with Crippen LogP contribution in [0.4, 0.5) is 18.9 Å². The minimum Gasteiger partial charge on any atom is -0.382 e. The summed E-state index contributed by atoms with van der Waals surface area (Å²) in [7, 11) is 0. The van der Waals surface area contributed by atoms with E-state index in [0.717, 1.165) is 31.7 Å². The maximum atomic E-state index is 12.7. The summed E-state index contributed by atoms with van der Waals surface area (Å²) in [6.45, 7) is 2.16. The van der Waals surface area contributed by atoms with Gasteiger partial charge < -0.3 is 5.32 Å². The monoisotopic (exact) mass is 335 g/mol. The fourth-order valence-corrected chi connectivity index (χ4v) is 3.14. The molecule has 1 saturated carbocycles. The maximum absolute atomic E-state index is 12.7. The number of rotatable bonds is 3. The Morgan fingerprint density at radius 2 is 2.00 bits per heavy atom. The van der Waals surface area contributed by atoms with E-state index in [1.165, 1.54) is 6.07 Å². The van der Waals surface area contributed by atoms with Crippen molar-refractivity contribution in [3.8, 4) is 0 Å². The molecule has 106 valence electrons. The molecule has 2 atom stereocenters. The fraction of sp³-hybridized carbons (Fsp3) is 0.571. The molecule has 1 aromatic rings. The van der Waals surface area contributed by atoms with Gasteiger partial charge in [-0.3, -0.25) is 0 Å². The fourth-order valence-electron chi connectivity index (χ4n) is 2.65. The van der Waals surface area contributed by atoms with Crippen LogP contribution in [0, 0.1) is 5.92 Å². The van der Waals surface area contributed by atoms with Gasteiger partial charge in [0, 0.05) is 16.2 Å². The van der Waals surface area contributed by atoms with Crippen molar-refractivity contribution < 1.29 is 13.2 Å². The third kappa shape index (κ3) is 3.88. The number of hydrogen-bond donors (Lipinski definition) is 1. The lowest BCUT2D eigenvalue weighted by atomic mass is 10.1. The predicted molar refractivity (Wildman–Crippen MR) is 74.2 cm³/mol. The summed E-state index contributed by atoms with van der Waals surface area (Å²) >= 11 is 3.14. The lowest BCUT2D eigenvalue weighted by Crippen LogP contribution is -2.16. The molecule has 0 aromatic heterocycles. The Hall–Kier alpha value is -0.710. The van der Waals surface area contributed by atoms with E-state index in [1.54, 1.807) is 6.07 Å². The lowest BCUT2D eigenvalue weighted by Gasteiger charge is -2.16. The van der Waals surface area contributed by atoms with E-state index in [2.05, 4.69) is 28.2 Å². The normalized spacial score (nSPS) is 23.6. The first-order valence-electron chi connectivity index (χ1n) is 6.53. The molecule has 0 spiro atoms. The van der Waals surface area contributed by atoms with Crippen molar-refractivity contribution in [3.05, 3.63) is 28.2 Å². The Balaban J connectivity index is 2.11.